The Hall–Kier alpha value is -0.810. The number of aliphatic hydroxyl groups excluding tert-OH is 1. The molecule has 1 amide bonds. The highest BCUT2D eigenvalue weighted by molar-refractivity contribution is 5.68. The first-order chi connectivity index (χ1) is 7.80. The average molecular weight is 246 g/mol. The van der Waals surface area contributed by atoms with Crippen LogP contribution in [0.4, 0.5) is 4.79 Å². The Morgan fingerprint density at radius 3 is 2.47 bits per heavy atom. The summed E-state index contributed by atoms with van der Waals surface area (Å²) < 4.78 is 5.29. The zero-order valence-corrected chi connectivity index (χ0v) is 11.4. The molecule has 0 saturated heterocycles. The fourth-order valence-electron chi connectivity index (χ4n) is 1.26. The van der Waals surface area contributed by atoms with Gasteiger partial charge < -0.3 is 20.5 Å². The summed E-state index contributed by atoms with van der Waals surface area (Å²) in [5.41, 5.74) is 5.33. The van der Waals surface area contributed by atoms with Gasteiger partial charge in [-0.25, -0.2) is 4.79 Å². The number of aliphatic hydroxyl groups is 1. The average Bonchev–Trinajstić information content (AvgIpc) is 2.21. The van der Waals surface area contributed by atoms with E-state index < -0.39 is 5.60 Å². The fraction of sp³-hybridized carbons (Fsp3) is 0.917. The van der Waals surface area contributed by atoms with Gasteiger partial charge in [0, 0.05) is 25.7 Å². The van der Waals surface area contributed by atoms with E-state index in [0.717, 1.165) is 6.42 Å². The zero-order valence-electron chi connectivity index (χ0n) is 11.4. The van der Waals surface area contributed by atoms with E-state index in [1.54, 1.807) is 4.90 Å². The molecule has 102 valence electrons. The van der Waals surface area contributed by atoms with E-state index in [9.17, 15) is 4.79 Å². The van der Waals surface area contributed by atoms with Gasteiger partial charge in [-0.1, -0.05) is 6.92 Å². The summed E-state index contributed by atoms with van der Waals surface area (Å²) in [5, 5.41) is 8.81. The molecule has 0 rings (SSSR count). The third kappa shape index (κ3) is 7.99. The highest BCUT2D eigenvalue weighted by Gasteiger charge is 2.22. The molecule has 0 radical (unpaired) electrons. The van der Waals surface area contributed by atoms with Gasteiger partial charge in [0.25, 0.3) is 0 Å². The van der Waals surface area contributed by atoms with Crippen molar-refractivity contribution in [2.45, 2.75) is 52.2 Å². The Kier molecular flexibility index (Phi) is 7.15. The van der Waals surface area contributed by atoms with E-state index in [4.69, 9.17) is 15.6 Å². The molecule has 0 aromatic rings. The summed E-state index contributed by atoms with van der Waals surface area (Å²) in [7, 11) is 0. The number of rotatable bonds is 6. The third-order valence-corrected chi connectivity index (χ3v) is 2.22. The molecule has 0 spiro atoms. The molecule has 1 unspecified atom stereocenters. The van der Waals surface area contributed by atoms with Crippen LogP contribution in [0.3, 0.4) is 0 Å². The molecule has 0 aliphatic carbocycles. The summed E-state index contributed by atoms with van der Waals surface area (Å²) in [6.07, 6.45) is 0.975. The van der Waals surface area contributed by atoms with Crippen LogP contribution in [-0.4, -0.2) is 47.4 Å². The first kappa shape index (κ1) is 16.2. The molecule has 17 heavy (non-hydrogen) atoms. The van der Waals surface area contributed by atoms with E-state index in [1.807, 2.05) is 27.7 Å². The zero-order chi connectivity index (χ0) is 13.5. The minimum Gasteiger partial charge on any atom is -0.444 e. The Morgan fingerprint density at radius 1 is 1.47 bits per heavy atom. The fourth-order valence-corrected chi connectivity index (χ4v) is 1.26. The summed E-state index contributed by atoms with van der Waals surface area (Å²) in [6.45, 7) is 8.45. The second-order valence-corrected chi connectivity index (χ2v) is 5.17. The van der Waals surface area contributed by atoms with Crippen molar-refractivity contribution in [3.8, 4) is 0 Å². The summed E-state index contributed by atoms with van der Waals surface area (Å²) in [5.74, 6) is 0. The van der Waals surface area contributed by atoms with Gasteiger partial charge >= 0.3 is 6.09 Å². The lowest BCUT2D eigenvalue weighted by Crippen LogP contribution is -2.44. The van der Waals surface area contributed by atoms with Gasteiger partial charge in [-0.05, 0) is 33.6 Å². The standard InChI is InChI=1S/C12H26N2O3/c1-5-10(13)9-14(7-6-8-15)11(16)17-12(2,3)4/h10,15H,5-9,13H2,1-4H3. The van der Waals surface area contributed by atoms with Crippen LogP contribution in [0.1, 0.15) is 40.5 Å². The number of hydrogen-bond acceptors (Lipinski definition) is 4. The van der Waals surface area contributed by atoms with Crippen molar-refractivity contribution in [3.63, 3.8) is 0 Å². The largest absolute Gasteiger partial charge is 0.444 e. The highest BCUT2D eigenvalue weighted by atomic mass is 16.6. The van der Waals surface area contributed by atoms with Crippen molar-refractivity contribution >= 4 is 6.09 Å². The van der Waals surface area contributed by atoms with Gasteiger partial charge in [-0.2, -0.15) is 0 Å². The maximum Gasteiger partial charge on any atom is 0.410 e. The second-order valence-electron chi connectivity index (χ2n) is 5.17. The van der Waals surface area contributed by atoms with Crippen LogP contribution in [0.5, 0.6) is 0 Å². The normalized spacial score (nSPS) is 13.3. The van der Waals surface area contributed by atoms with Crippen LogP contribution in [0.25, 0.3) is 0 Å². The van der Waals surface area contributed by atoms with Gasteiger partial charge in [0.05, 0.1) is 0 Å². The minimum absolute atomic E-state index is 0.0544. The second kappa shape index (κ2) is 7.50. The topological polar surface area (TPSA) is 75.8 Å². The van der Waals surface area contributed by atoms with Crippen LogP contribution in [0.2, 0.25) is 0 Å². The molecule has 0 heterocycles. The lowest BCUT2D eigenvalue weighted by Gasteiger charge is -2.28. The van der Waals surface area contributed by atoms with Gasteiger partial charge in [0.1, 0.15) is 5.60 Å². The summed E-state index contributed by atoms with van der Waals surface area (Å²) >= 11 is 0. The van der Waals surface area contributed by atoms with E-state index in [1.165, 1.54) is 0 Å². The SMILES string of the molecule is CCC(N)CN(CCCO)C(=O)OC(C)(C)C. The highest BCUT2D eigenvalue weighted by Crippen LogP contribution is 2.10. The number of carbonyl (C=O) groups is 1. The Balaban J connectivity index is 4.39. The van der Waals surface area contributed by atoms with Gasteiger partial charge in [-0.15, -0.1) is 0 Å². The molecule has 3 N–H and O–H groups in total. The maximum absolute atomic E-state index is 11.9. The predicted octanol–water partition coefficient (Wildman–Crippen LogP) is 1.34. The van der Waals surface area contributed by atoms with E-state index >= 15 is 0 Å². The van der Waals surface area contributed by atoms with E-state index in [0.29, 0.717) is 19.5 Å². The quantitative estimate of drug-likeness (QED) is 0.741. The van der Waals surface area contributed by atoms with Crippen LogP contribution in [0, 0.1) is 0 Å². The van der Waals surface area contributed by atoms with Gasteiger partial charge in [0.15, 0.2) is 0 Å². The Bertz CT molecular complexity index is 226. The lowest BCUT2D eigenvalue weighted by atomic mass is 10.2. The lowest BCUT2D eigenvalue weighted by molar-refractivity contribution is 0.0228. The molecule has 5 heteroatoms. The smallest absolute Gasteiger partial charge is 0.410 e. The minimum atomic E-state index is -0.509. The van der Waals surface area contributed by atoms with Crippen LogP contribution >= 0.6 is 0 Å². The Morgan fingerprint density at radius 2 is 2.06 bits per heavy atom. The number of nitrogens with two attached hydrogens (primary N) is 1. The van der Waals surface area contributed by atoms with Crippen LogP contribution < -0.4 is 5.73 Å². The molecular weight excluding hydrogens is 220 g/mol. The van der Waals surface area contributed by atoms with E-state index in [-0.39, 0.29) is 18.7 Å². The molecule has 0 saturated carbocycles. The molecule has 0 bridgehead atoms. The number of carbonyl (C=O) groups excluding carboxylic acids is 1. The summed E-state index contributed by atoms with van der Waals surface area (Å²) in [6, 6.07) is -0.0544. The monoisotopic (exact) mass is 246 g/mol. The molecule has 0 aliphatic rings. The predicted molar refractivity (Wildman–Crippen MR) is 67.8 cm³/mol. The molecule has 5 nitrogen and oxygen atoms in total. The van der Waals surface area contributed by atoms with E-state index in [2.05, 4.69) is 0 Å². The van der Waals surface area contributed by atoms with Crippen LogP contribution in [0.15, 0.2) is 0 Å². The van der Waals surface area contributed by atoms with Crippen molar-refractivity contribution < 1.29 is 14.6 Å². The first-order valence-corrected chi connectivity index (χ1v) is 6.14. The first-order valence-electron chi connectivity index (χ1n) is 6.14. The molecule has 0 fully saturated rings. The number of nitrogens with zero attached hydrogens (tertiary/aromatic N) is 1. The van der Waals surface area contributed by atoms with Crippen molar-refractivity contribution in [3.05, 3.63) is 0 Å². The Labute approximate surface area is 104 Å². The van der Waals surface area contributed by atoms with Crippen molar-refractivity contribution in [1.29, 1.82) is 0 Å². The number of ether oxygens (including phenoxy) is 1. The molecule has 0 aliphatic heterocycles. The van der Waals surface area contributed by atoms with Crippen molar-refractivity contribution in [2.75, 3.05) is 19.7 Å². The maximum atomic E-state index is 11.9. The van der Waals surface area contributed by atoms with Crippen LogP contribution in [-0.2, 0) is 4.74 Å². The van der Waals surface area contributed by atoms with Crippen molar-refractivity contribution in [1.82, 2.24) is 4.90 Å². The molecular formula is C12H26N2O3. The number of hydrogen-bond donors (Lipinski definition) is 2. The number of amides is 1. The van der Waals surface area contributed by atoms with Gasteiger partial charge in [-0.3, -0.25) is 0 Å². The third-order valence-electron chi connectivity index (χ3n) is 2.22. The molecule has 0 aromatic heterocycles. The van der Waals surface area contributed by atoms with Gasteiger partial charge in [0.2, 0.25) is 0 Å². The van der Waals surface area contributed by atoms with Crippen molar-refractivity contribution in [2.24, 2.45) is 5.73 Å². The molecule has 0 aromatic carbocycles. The summed E-state index contributed by atoms with van der Waals surface area (Å²) in [4.78, 5) is 13.4. The molecule has 1 atom stereocenters.